The van der Waals surface area contributed by atoms with Crippen LogP contribution < -0.4 is 4.74 Å². The van der Waals surface area contributed by atoms with Crippen molar-refractivity contribution in [3.8, 4) is 5.75 Å². The van der Waals surface area contributed by atoms with E-state index in [2.05, 4.69) is 24.3 Å². The lowest BCUT2D eigenvalue weighted by Crippen LogP contribution is -1.93. The number of alkyl halides is 1. The highest BCUT2D eigenvalue weighted by atomic mass is 19.1. The number of hydrogen-bond donors (Lipinski definition) is 0. The molecule has 19 heavy (non-hydrogen) atoms. The lowest BCUT2D eigenvalue weighted by atomic mass is 9.94. The fraction of sp³-hybridized carbons (Fsp3) is 0.0588. The van der Waals surface area contributed by atoms with Gasteiger partial charge in [-0.15, -0.1) is 0 Å². The highest BCUT2D eigenvalue weighted by Crippen LogP contribution is 2.39. The zero-order chi connectivity index (χ0) is 12.8. The van der Waals surface area contributed by atoms with E-state index in [1.54, 1.807) is 0 Å². The highest BCUT2D eigenvalue weighted by Gasteiger charge is 2.11. The molecule has 0 heterocycles. The van der Waals surface area contributed by atoms with E-state index in [4.69, 9.17) is 4.74 Å². The Bertz CT molecular complexity index is 882. The molecule has 4 aromatic rings. The van der Waals surface area contributed by atoms with Crippen LogP contribution in [-0.2, 0) is 0 Å². The second-order valence-electron chi connectivity index (χ2n) is 4.68. The zero-order valence-electron chi connectivity index (χ0n) is 10.2. The van der Waals surface area contributed by atoms with E-state index in [9.17, 15) is 4.39 Å². The molecule has 0 amide bonds. The molecule has 2 heteroatoms. The first-order valence-corrected chi connectivity index (χ1v) is 6.24. The van der Waals surface area contributed by atoms with Gasteiger partial charge in [-0.25, -0.2) is 4.39 Å². The Morgan fingerprint density at radius 2 is 1.47 bits per heavy atom. The molecule has 0 spiro atoms. The number of rotatable bonds is 2. The first kappa shape index (κ1) is 10.6. The molecule has 4 aromatic carbocycles. The summed E-state index contributed by atoms with van der Waals surface area (Å²) in [6.45, 7) is -0.805. The van der Waals surface area contributed by atoms with Gasteiger partial charge in [-0.3, -0.25) is 0 Å². The van der Waals surface area contributed by atoms with Crippen molar-refractivity contribution in [3.63, 3.8) is 0 Å². The molecule has 0 aliphatic carbocycles. The maximum Gasteiger partial charge on any atom is 0.228 e. The molecule has 0 fully saturated rings. The van der Waals surface area contributed by atoms with Crippen LogP contribution in [0.5, 0.6) is 5.75 Å². The third kappa shape index (κ3) is 1.40. The maximum atomic E-state index is 12.6. The molecule has 4 rings (SSSR count). The minimum Gasteiger partial charge on any atom is -0.462 e. The Balaban J connectivity index is 2.31. The largest absolute Gasteiger partial charge is 0.462 e. The van der Waals surface area contributed by atoms with E-state index in [0.717, 1.165) is 21.5 Å². The van der Waals surface area contributed by atoms with Gasteiger partial charge < -0.3 is 4.74 Å². The van der Waals surface area contributed by atoms with Crippen LogP contribution in [-0.4, -0.2) is 6.86 Å². The molecular weight excluding hydrogens is 239 g/mol. The SMILES string of the molecule is FCOc1cc2cccc3ccc4cccc1c4c32. The van der Waals surface area contributed by atoms with Crippen molar-refractivity contribution in [2.75, 3.05) is 6.86 Å². The third-order valence-electron chi connectivity index (χ3n) is 3.68. The summed E-state index contributed by atoms with van der Waals surface area (Å²) in [6.07, 6.45) is 0. The van der Waals surface area contributed by atoms with Crippen LogP contribution >= 0.6 is 0 Å². The number of hydrogen-bond acceptors (Lipinski definition) is 1. The van der Waals surface area contributed by atoms with Crippen LogP contribution in [0.25, 0.3) is 32.3 Å². The average Bonchev–Trinajstić information content (AvgIpc) is 2.46. The van der Waals surface area contributed by atoms with Gasteiger partial charge in [0.15, 0.2) is 0 Å². The van der Waals surface area contributed by atoms with Crippen molar-refractivity contribution in [3.05, 3.63) is 54.6 Å². The van der Waals surface area contributed by atoms with Gasteiger partial charge in [-0.1, -0.05) is 48.5 Å². The van der Waals surface area contributed by atoms with Gasteiger partial charge >= 0.3 is 0 Å². The topological polar surface area (TPSA) is 9.23 Å². The molecule has 1 nitrogen and oxygen atoms in total. The van der Waals surface area contributed by atoms with E-state index in [0.29, 0.717) is 5.75 Å². The van der Waals surface area contributed by atoms with Crippen molar-refractivity contribution in [2.45, 2.75) is 0 Å². The summed E-state index contributed by atoms with van der Waals surface area (Å²) in [5, 5.41) is 6.80. The van der Waals surface area contributed by atoms with E-state index < -0.39 is 6.86 Å². The Kier molecular flexibility index (Phi) is 2.12. The van der Waals surface area contributed by atoms with Crippen LogP contribution in [0.2, 0.25) is 0 Å². The van der Waals surface area contributed by atoms with E-state index >= 15 is 0 Å². The third-order valence-corrected chi connectivity index (χ3v) is 3.68. The summed E-state index contributed by atoms with van der Waals surface area (Å²) < 4.78 is 17.7. The van der Waals surface area contributed by atoms with Crippen molar-refractivity contribution >= 4 is 32.3 Å². The summed E-state index contributed by atoms with van der Waals surface area (Å²) in [6, 6.07) is 18.3. The van der Waals surface area contributed by atoms with Crippen LogP contribution in [0.3, 0.4) is 0 Å². The van der Waals surface area contributed by atoms with E-state index in [-0.39, 0.29) is 0 Å². The summed E-state index contributed by atoms with van der Waals surface area (Å²) in [4.78, 5) is 0. The molecule has 0 saturated carbocycles. The smallest absolute Gasteiger partial charge is 0.228 e. The van der Waals surface area contributed by atoms with Crippen LogP contribution in [0.15, 0.2) is 54.6 Å². The molecule has 92 valence electrons. The van der Waals surface area contributed by atoms with Crippen molar-refractivity contribution in [1.29, 1.82) is 0 Å². The second kappa shape index (κ2) is 3.82. The van der Waals surface area contributed by atoms with Crippen LogP contribution in [0, 0.1) is 0 Å². The molecule has 0 atom stereocenters. The fourth-order valence-corrected chi connectivity index (χ4v) is 2.91. The van der Waals surface area contributed by atoms with Gasteiger partial charge in [0.1, 0.15) is 5.75 Å². The summed E-state index contributed by atoms with van der Waals surface area (Å²) >= 11 is 0. The number of benzene rings is 4. The molecule has 0 saturated heterocycles. The van der Waals surface area contributed by atoms with Gasteiger partial charge in [-0.05, 0) is 27.6 Å². The predicted molar refractivity (Wildman–Crippen MR) is 76.7 cm³/mol. The highest BCUT2D eigenvalue weighted by molar-refractivity contribution is 6.24. The molecule has 0 bridgehead atoms. The fourth-order valence-electron chi connectivity index (χ4n) is 2.91. The minimum absolute atomic E-state index is 0.610. The predicted octanol–water partition coefficient (Wildman–Crippen LogP) is 4.89. The van der Waals surface area contributed by atoms with Crippen molar-refractivity contribution < 1.29 is 9.13 Å². The molecule has 0 N–H and O–H groups in total. The van der Waals surface area contributed by atoms with Crippen molar-refractivity contribution in [1.82, 2.24) is 0 Å². The molecule has 0 radical (unpaired) electrons. The molecule has 0 aromatic heterocycles. The Morgan fingerprint density at radius 1 is 0.789 bits per heavy atom. The Hall–Kier alpha value is -2.35. The lowest BCUT2D eigenvalue weighted by Gasteiger charge is -2.13. The normalized spacial score (nSPS) is 11.6. The van der Waals surface area contributed by atoms with Gasteiger partial charge in [0.2, 0.25) is 6.86 Å². The summed E-state index contributed by atoms with van der Waals surface area (Å²) in [5.41, 5.74) is 0. The second-order valence-corrected chi connectivity index (χ2v) is 4.68. The van der Waals surface area contributed by atoms with Crippen molar-refractivity contribution in [2.24, 2.45) is 0 Å². The number of ether oxygens (including phenoxy) is 1. The first-order valence-electron chi connectivity index (χ1n) is 6.24. The summed E-state index contributed by atoms with van der Waals surface area (Å²) in [5.74, 6) is 0.610. The van der Waals surface area contributed by atoms with Gasteiger partial charge in [0, 0.05) is 10.8 Å². The molecule has 0 unspecified atom stereocenters. The minimum atomic E-state index is -0.805. The van der Waals surface area contributed by atoms with Gasteiger partial charge in [-0.2, -0.15) is 0 Å². The Labute approximate surface area is 109 Å². The maximum absolute atomic E-state index is 12.6. The molecule has 0 aliphatic heterocycles. The molecular formula is C17H11FO. The van der Waals surface area contributed by atoms with E-state index in [1.807, 2.05) is 30.3 Å². The summed E-state index contributed by atoms with van der Waals surface area (Å²) in [7, 11) is 0. The molecule has 0 aliphatic rings. The average molecular weight is 250 g/mol. The monoisotopic (exact) mass is 250 g/mol. The van der Waals surface area contributed by atoms with Gasteiger partial charge in [0.05, 0.1) is 0 Å². The zero-order valence-corrected chi connectivity index (χ0v) is 10.2. The first-order chi connectivity index (χ1) is 9.38. The van der Waals surface area contributed by atoms with Crippen LogP contribution in [0.4, 0.5) is 4.39 Å². The standard InChI is InChI=1S/C17H11FO/c18-10-19-15-9-13-5-1-3-11-7-8-12-4-2-6-14(15)17(12)16(11)13/h1-9H,10H2. The Morgan fingerprint density at radius 3 is 2.26 bits per heavy atom. The quantitative estimate of drug-likeness (QED) is 0.460. The van der Waals surface area contributed by atoms with Gasteiger partial charge in [0.25, 0.3) is 0 Å². The van der Waals surface area contributed by atoms with E-state index in [1.165, 1.54) is 10.8 Å². The number of halogens is 1. The lowest BCUT2D eigenvalue weighted by molar-refractivity contribution is 0.194. The van der Waals surface area contributed by atoms with Crippen LogP contribution in [0.1, 0.15) is 0 Å².